The maximum absolute atomic E-state index is 12.4. The number of esters is 1. The van der Waals surface area contributed by atoms with Crippen LogP contribution in [0.2, 0.25) is 0 Å². The monoisotopic (exact) mass is 489 g/mol. The van der Waals surface area contributed by atoms with Gasteiger partial charge in [0.1, 0.15) is 0 Å². The van der Waals surface area contributed by atoms with E-state index in [4.69, 9.17) is 14.2 Å². The first kappa shape index (κ1) is 22.8. The summed E-state index contributed by atoms with van der Waals surface area (Å²) in [6.07, 6.45) is 1.11. The second-order valence-corrected chi connectivity index (χ2v) is 7.86. The molecule has 0 spiro atoms. The number of methoxy groups -OCH3 is 1. The lowest BCUT2D eigenvalue weighted by Gasteiger charge is -2.13. The van der Waals surface area contributed by atoms with Crippen molar-refractivity contribution in [2.45, 2.75) is 26.2 Å². The number of ether oxygens (including phenoxy) is 3. The highest BCUT2D eigenvalue weighted by atomic mass is 79.9. The summed E-state index contributed by atoms with van der Waals surface area (Å²) in [6, 6.07) is 10.6. The minimum Gasteiger partial charge on any atom is -0.493 e. The molecule has 0 bridgehead atoms. The van der Waals surface area contributed by atoms with E-state index in [-0.39, 0.29) is 37.4 Å². The van der Waals surface area contributed by atoms with Crippen LogP contribution in [-0.2, 0) is 16.0 Å². The predicted molar refractivity (Wildman–Crippen MR) is 118 cm³/mol. The van der Waals surface area contributed by atoms with E-state index in [9.17, 15) is 14.4 Å². The zero-order valence-electron chi connectivity index (χ0n) is 17.5. The van der Waals surface area contributed by atoms with Crippen LogP contribution in [0.4, 0.5) is 0 Å². The summed E-state index contributed by atoms with van der Waals surface area (Å²) in [5.41, 5.74) is 1.73. The number of aryl methyl sites for hydroxylation is 1. The summed E-state index contributed by atoms with van der Waals surface area (Å²) in [7, 11) is 1.57. The van der Waals surface area contributed by atoms with Crippen molar-refractivity contribution in [2.24, 2.45) is 0 Å². The molecule has 164 valence electrons. The molecule has 1 aliphatic heterocycles. The minimum absolute atomic E-state index is 0.141. The molecule has 3 rings (SSSR count). The molecule has 7 nitrogen and oxygen atoms in total. The van der Waals surface area contributed by atoms with E-state index in [2.05, 4.69) is 15.9 Å². The number of benzene rings is 2. The fourth-order valence-electron chi connectivity index (χ4n) is 3.34. The molecule has 2 aromatic carbocycles. The largest absolute Gasteiger partial charge is 0.493 e. The van der Waals surface area contributed by atoms with Crippen molar-refractivity contribution >= 4 is 33.7 Å². The van der Waals surface area contributed by atoms with Crippen LogP contribution in [0.15, 0.2) is 40.9 Å². The predicted octanol–water partition coefficient (Wildman–Crippen LogP) is 4.02. The molecule has 0 atom stereocenters. The first-order valence-electron chi connectivity index (χ1n) is 10.1. The molecule has 1 heterocycles. The molecular weight excluding hydrogens is 466 g/mol. The first-order chi connectivity index (χ1) is 14.9. The van der Waals surface area contributed by atoms with Gasteiger partial charge in [-0.3, -0.25) is 19.3 Å². The van der Waals surface area contributed by atoms with E-state index >= 15 is 0 Å². The van der Waals surface area contributed by atoms with Gasteiger partial charge in [-0.25, -0.2) is 0 Å². The SMILES string of the molecule is CCOc1ccc(CCC(=O)OCCCN2C(=O)c3ccc(Br)cc3C2=O)cc1OC. The molecule has 0 aliphatic carbocycles. The summed E-state index contributed by atoms with van der Waals surface area (Å²) in [5, 5.41) is 0. The highest BCUT2D eigenvalue weighted by Crippen LogP contribution is 2.29. The summed E-state index contributed by atoms with van der Waals surface area (Å²) < 4.78 is 16.8. The number of hydrogen-bond acceptors (Lipinski definition) is 6. The van der Waals surface area contributed by atoms with E-state index in [0.717, 1.165) is 10.0 Å². The fourth-order valence-corrected chi connectivity index (χ4v) is 3.70. The second kappa shape index (κ2) is 10.4. The average Bonchev–Trinajstić information content (AvgIpc) is 3.00. The standard InChI is InChI=1S/C23H24BrNO6/c1-3-30-19-9-5-15(13-20(19)29-2)6-10-21(26)31-12-4-11-25-22(27)17-8-7-16(24)14-18(17)23(25)28/h5,7-9,13-14H,3-4,6,10-12H2,1-2H3. The van der Waals surface area contributed by atoms with Crippen LogP contribution in [0.5, 0.6) is 11.5 Å². The van der Waals surface area contributed by atoms with Crippen molar-refractivity contribution in [3.05, 3.63) is 57.6 Å². The summed E-state index contributed by atoms with van der Waals surface area (Å²) in [5.74, 6) is 0.317. The Balaban J connectivity index is 1.42. The van der Waals surface area contributed by atoms with E-state index in [1.165, 1.54) is 4.90 Å². The first-order valence-corrected chi connectivity index (χ1v) is 10.8. The lowest BCUT2D eigenvalue weighted by atomic mass is 10.1. The Kier molecular flexibility index (Phi) is 7.68. The van der Waals surface area contributed by atoms with Crippen LogP contribution in [-0.4, -0.2) is 49.6 Å². The van der Waals surface area contributed by atoms with Crippen molar-refractivity contribution in [3.63, 3.8) is 0 Å². The number of carbonyl (C=O) groups is 3. The molecule has 1 aliphatic rings. The quantitative estimate of drug-likeness (QED) is 0.284. The fraction of sp³-hybridized carbons (Fsp3) is 0.348. The van der Waals surface area contributed by atoms with Gasteiger partial charge in [0.05, 0.1) is 31.5 Å². The molecule has 0 saturated heterocycles. The Bertz CT molecular complexity index is 990. The van der Waals surface area contributed by atoms with Crippen molar-refractivity contribution < 1.29 is 28.6 Å². The number of fused-ring (bicyclic) bond motifs is 1. The molecule has 2 amide bonds. The molecule has 2 aromatic rings. The Morgan fingerprint density at radius 3 is 2.55 bits per heavy atom. The van der Waals surface area contributed by atoms with Gasteiger partial charge in [0.2, 0.25) is 0 Å². The number of imide groups is 1. The van der Waals surface area contributed by atoms with E-state index in [1.807, 2.05) is 25.1 Å². The van der Waals surface area contributed by atoms with Gasteiger partial charge in [-0.05, 0) is 55.7 Å². The Morgan fingerprint density at radius 2 is 1.81 bits per heavy atom. The third kappa shape index (κ3) is 5.44. The summed E-state index contributed by atoms with van der Waals surface area (Å²) in [6.45, 7) is 2.78. The molecule has 0 N–H and O–H groups in total. The number of nitrogens with zero attached hydrogens (tertiary/aromatic N) is 1. The topological polar surface area (TPSA) is 82.1 Å². The van der Waals surface area contributed by atoms with E-state index in [0.29, 0.717) is 42.1 Å². The van der Waals surface area contributed by atoms with Crippen LogP contribution in [0.25, 0.3) is 0 Å². The number of rotatable bonds is 10. The van der Waals surface area contributed by atoms with E-state index < -0.39 is 0 Å². The third-order valence-corrected chi connectivity index (χ3v) is 5.36. The van der Waals surface area contributed by atoms with Gasteiger partial charge >= 0.3 is 5.97 Å². The minimum atomic E-state index is -0.334. The number of hydrogen-bond donors (Lipinski definition) is 0. The zero-order chi connectivity index (χ0) is 22.4. The Morgan fingerprint density at radius 1 is 1.03 bits per heavy atom. The van der Waals surface area contributed by atoms with Crippen molar-refractivity contribution in [1.82, 2.24) is 4.90 Å². The molecule has 8 heteroatoms. The summed E-state index contributed by atoms with van der Waals surface area (Å²) in [4.78, 5) is 38.0. The van der Waals surface area contributed by atoms with Gasteiger partial charge in [0.25, 0.3) is 11.8 Å². The van der Waals surface area contributed by atoms with Gasteiger partial charge in [-0.1, -0.05) is 22.0 Å². The second-order valence-electron chi connectivity index (χ2n) is 6.94. The molecule has 0 radical (unpaired) electrons. The third-order valence-electron chi connectivity index (χ3n) is 4.87. The number of halogens is 1. The smallest absolute Gasteiger partial charge is 0.306 e. The highest BCUT2D eigenvalue weighted by molar-refractivity contribution is 9.10. The normalized spacial score (nSPS) is 12.7. The molecule has 0 unspecified atom stereocenters. The van der Waals surface area contributed by atoms with Crippen molar-refractivity contribution in [2.75, 3.05) is 26.9 Å². The number of carbonyl (C=O) groups excluding carboxylic acids is 3. The van der Waals surface area contributed by atoms with Gasteiger partial charge < -0.3 is 14.2 Å². The van der Waals surface area contributed by atoms with Crippen LogP contribution < -0.4 is 9.47 Å². The maximum Gasteiger partial charge on any atom is 0.306 e. The molecule has 0 fully saturated rings. The van der Waals surface area contributed by atoms with Crippen LogP contribution in [0, 0.1) is 0 Å². The Labute approximate surface area is 189 Å². The van der Waals surface area contributed by atoms with Crippen LogP contribution in [0.3, 0.4) is 0 Å². The van der Waals surface area contributed by atoms with Crippen molar-refractivity contribution in [1.29, 1.82) is 0 Å². The average molecular weight is 490 g/mol. The lowest BCUT2D eigenvalue weighted by molar-refractivity contribution is -0.143. The molecule has 31 heavy (non-hydrogen) atoms. The van der Waals surface area contributed by atoms with Crippen LogP contribution in [0.1, 0.15) is 46.0 Å². The molecular formula is C23H24BrNO6. The lowest BCUT2D eigenvalue weighted by Crippen LogP contribution is -2.31. The zero-order valence-corrected chi connectivity index (χ0v) is 19.1. The highest BCUT2D eigenvalue weighted by Gasteiger charge is 2.35. The van der Waals surface area contributed by atoms with Crippen molar-refractivity contribution in [3.8, 4) is 11.5 Å². The van der Waals surface area contributed by atoms with Gasteiger partial charge in [0, 0.05) is 17.4 Å². The summed E-state index contributed by atoms with van der Waals surface area (Å²) >= 11 is 3.31. The maximum atomic E-state index is 12.4. The molecule has 0 saturated carbocycles. The van der Waals surface area contributed by atoms with E-state index in [1.54, 1.807) is 25.3 Å². The van der Waals surface area contributed by atoms with Gasteiger partial charge in [-0.15, -0.1) is 0 Å². The van der Waals surface area contributed by atoms with Crippen LogP contribution >= 0.6 is 15.9 Å². The van der Waals surface area contributed by atoms with Gasteiger partial charge in [0.15, 0.2) is 11.5 Å². The number of amides is 2. The Hall–Kier alpha value is -2.87. The van der Waals surface area contributed by atoms with Gasteiger partial charge in [-0.2, -0.15) is 0 Å². The molecule has 0 aromatic heterocycles.